The van der Waals surface area contributed by atoms with Crippen LogP contribution < -0.4 is 10.1 Å². The van der Waals surface area contributed by atoms with Crippen molar-refractivity contribution in [2.75, 3.05) is 32.8 Å². The van der Waals surface area contributed by atoms with Crippen molar-refractivity contribution < 1.29 is 9.53 Å². The predicted octanol–water partition coefficient (Wildman–Crippen LogP) is 3.07. The summed E-state index contributed by atoms with van der Waals surface area (Å²) in [4.78, 5) is 14.2. The first kappa shape index (κ1) is 17.3. The number of hydrogen-bond donors (Lipinski definition) is 1. The van der Waals surface area contributed by atoms with Gasteiger partial charge in [0, 0.05) is 17.6 Å². The van der Waals surface area contributed by atoms with Crippen molar-refractivity contribution in [1.82, 2.24) is 10.2 Å². The average Bonchev–Trinajstić information content (AvgIpc) is 2.53. The Morgan fingerprint density at radius 2 is 2.18 bits per heavy atom. The predicted molar refractivity (Wildman–Crippen MR) is 92.1 cm³/mol. The number of nitrogens with one attached hydrogen (secondary N) is 1. The standard InChI is InChI=1S/C17H25BrN2O2/c1-2-19-13-14-6-9-20(10-7-14)17(21)8-11-22-16-5-3-4-15(18)12-16/h3-5,12,14,19H,2,6-11,13H2,1H3. The summed E-state index contributed by atoms with van der Waals surface area (Å²) in [5.74, 6) is 1.71. The van der Waals surface area contributed by atoms with E-state index in [0.29, 0.717) is 18.9 Å². The first-order valence-corrected chi connectivity index (χ1v) is 8.85. The van der Waals surface area contributed by atoms with Crippen LogP contribution in [0.4, 0.5) is 0 Å². The molecule has 1 fully saturated rings. The Morgan fingerprint density at radius 1 is 1.41 bits per heavy atom. The van der Waals surface area contributed by atoms with Crippen molar-refractivity contribution in [3.05, 3.63) is 28.7 Å². The fraction of sp³-hybridized carbons (Fsp3) is 0.588. The number of rotatable bonds is 7. The Balaban J connectivity index is 1.66. The van der Waals surface area contributed by atoms with E-state index < -0.39 is 0 Å². The van der Waals surface area contributed by atoms with E-state index in [1.165, 1.54) is 0 Å². The summed E-state index contributed by atoms with van der Waals surface area (Å²) in [6.45, 7) is 6.42. The minimum atomic E-state index is 0.205. The monoisotopic (exact) mass is 368 g/mol. The molecule has 0 unspecified atom stereocenters. The van der Waals surface area contributed by atoms with E-state index in [-0.39, 0.29) is 5.91 Å². The van der Waals surface area contributed by atoms with Crippen molar-refractivity contribution in [2.24, 2.45) is 5.92 Å². The highest BCUT2D eigenvalue weighted by molar-refractivity contribution is 9.10. The van der Waals surface area contributed by atoms with Gasteiger partial charge in [-0.05, 0) is 50.0 Å². The number of ether oxygens (including phenoxy) is 1. The summed E-state index contributed by atoms with van der Waals surface area (Å²) < 4.78 is 6.62. The Labute approximate surface area is 141 Å². The SMILES string of the molecule is CCNCC1CCN(C(=O)CCOc2cccc(Br)c2)CC1. The van der Waals surface area contributed by atoms with Crippen molar-refractivity contribution in [3.8, 4) is 5.75 Å². The van der Waals surface area contributed by atoms with Crippen LogP contribution in [0, 0.1) is 5.92 Å². The Bertz CT molecular complexity index is 473. The molecule has 0 bridgehead atoms. The first-order chi connectivity index (χ1) is 10.7. The third-order valence-corrected chi connectivity index (χ3v) is 4.52. The molecule has 1 aromatic rings. The first-order valence-electron chi connectivity index (χ1n) is 8.06. The van der Waals surface area contributed by atoms with Gasteiger partial charge in [0.25, 0.3) is 0 Å². The molecule has 122 valence electrons. The number of amides is 1. The van der Waals surface area contributed by atoms with E-state index in [9.17, 15) is 4.79 Å². The van der Waals surface area contributed by atoms with Gasteiger partial charge in [0.15, 0.2) is 0 Å². The van der Waals surface area contributed by atoms with Gasteiger partial charge in [-0.3, -0.25) is 4.79 Å². The van der Waals surface area contributed by atoms with Crippen LogP contribution in [0.15, 0.2) is 28.7 Å². The van der Waals surface area contributed by atoms with E-state index in [1.807, 2.05) is 29.2 Å². The molecule has 1 N–H and O–H groups in total. The van der Waals surface area contributed by atoms with Crippen LogP contribution in [-0.2, 0) is 4.79 Å². The second kappa shape index (κ2) is 9.16. The molecule has 1 aliphatic rings. The fourth-order valence-corrected chi connectivity index (χ4v) is 3.08. The van der Waals surface area contributed by atoms with Gasteiger partial charge >= 0.3 is 0 Å². The second-order valence-electron chi connectivity index (χ2n) is 5.69. The summed E-state index contributed by atoms with van der Waals surface area (Å²) in [7, 11) is 0. The van der Waals surface area contributed by atoms with Crippen LogP contribution >= 0.6 is 15.9 Å². The zero-order chi connectivity index (χ0) is 15.8. The van der Waals surface area contributed by atoms with Crippen molar-refractivity contribution >= 4 is 21.8 Å². The molecule has 0 spiro atoms. The second-order valence-corrected chi connectivity index (χ2v) is 6.60. The summed E-state index contributed by atoms with van der Waals surface area (Å²) in [6, 6.07) is 7.70. The molecule has 0 atom stereocenters. The molecule has 1 aliphatic heterocycles. The summed E-state index contributed by atoms with van der Waals surface area (Å²) in [6.07, 6.45) is 2.65. The van der Waals surface area contributed by atoms with E-state index in [1.54, 1.807) is 0 Å². The smallest absolute Gasteiger partial charge is 0.225 e. The van der Waals surface area contributed by atoms with E-state index in [4.69, 9.17) is 4.74 Å². The maximum absolute atomic E-state index is 12.2. The van der Waals surface area contributed by atoms with Crippen molar-refractivity contribution in [1.29, 1.82) is 0 Å². The van der Waals surface area contributed by atoms with Crippen LogP contribution in [0.3, 0.4) is 0 Å². The van der Waals surface area contributed by atoms with Gasteiger partial charge in [-0.15, -0.1) is 0 Å². The number of carbonyl (C=O) groups is 1. The van der Waals surface area contributed by atoms with E-state index >= 15 is 0 Å². The lowest BCUT2D eigenvalue weighted by Gasteiger charge is -2.32. The molecular weight excluding hydrogens is 344 g/mol. The number of hydrogen-bond acceptors (Lipinski definition) is 3. The zero-order valence-corrected chi connectivity index (χ0v) is 14.8. The molecule has 22 heavy (non-hydrogen) atoms. The summed E-state index contributed by atoms with van der Waals surface area (Å²) in [5.41, 5.74) is 0. The lowest BCUT2D eigenvalue weighted by atomic mass is 9.96. The third-order valence-electron chi connectivity index (χ3n) is 4.03. The molecular formula is C17H25BrN2O2. The Morgan fingerprint density at radius 3 is 2.86 bits per heavy atom. The van der Waals surface area contributed by atoms with Gasteiger partial charge in [-0.2, -0.15) is 0 Å². The van der Waals surface area contributed by atoms with E-state index in [2.05, 4.69) is 28.2 Å². The number of piperidine rings is 1. The highest BCUT2D eigenvalue weighted by Crippen LogP contribution is 2.19. The number of halogens is 1. The quantitative estimate of drug-likeness (QED) is 0.803. The van der Waals surface area contributed by atoms with Crippen LogP contribution in [0.25, 0.3) is 0 Å². The van der Waals surface area contributed by atoms with Gasteiger partial charge in [0.2, 0.25) is 5.91 Å². The lowest BCUT2D eigenvalue weighted by molar-refractivity contribution is -0.133. The highest BCUT2D eigenvalue weighted by atomic mass is 79.9. The molecule has 1 saturated heterocycles. The maximum Gasteiger partial charge on any atom is 0.225 e. The minimum absolute atomic E-state index is 0.205. The minimum Gasteiger partial charge on any atom is -0.493 e. The molecule has 5 heteroatoms. The Hall–Kier alpha value is -1.07. The number of carbonyl (C=O) groups excluding carboxylic acids is 1. The highest BCUT2D eigenvalue weighted by Gasteiger charge is 2.22. The molecule has 0 aromatic heterocycles. The molecule has 4 nitrogen and oxygen atoms in total. The molecule has 0 radical (unpaired) electrons. The molecule has 2 rings (SSSR count). The van der Waals surface area contributed by atoms with Gasteiger partial charge in [0.1, 0.15) is 5.75 Å². The van der Waals surface area contributed by atoms with Crippen molar-refractivity contribution in [3.63, 3.8) is 0 Å². The van der Waals surface area contributed by atoms with Crippen LogP contribution in [0.1, 0.15) is 26.2 Å². The number of likely N-dealkylation sites (tertiary alicyclic amines) is 1. The molecule has 0 aliphatic carbocycles. The van der Waals surface area contributed by atoms with Crippen LogP contribution in [0.5, 0.6) is 5.75 Å². The van der Waals surface area contributed by atoms with Gasteiger partial charge in [-0.1, -0.05) is 28.9 Å². The normalized spacial score (nSPS) is 15.8. The van der Waals surface area contributed by atoms with Gasteiger partial charge < -0.3 is 15.0 Å². The Kier molecular flexibility index (Phi) is 7.19. The largest absolute Gasteiger partial charge is 0.493 e. The van der Waals surface area contributed by atoms with Gasteiger partial charge in [-0.25, -0.2) is 0 Å². The number of nitrogens with zero attached hydrogens (tertiary/aromatic N) is 1. The third kappa shape index (κ3) is 5.61. The van der Waals surface area contributed by atoms with Crippen LogP contribution in [-0.4, -0.2) is 43.6 Å². The molecule has 1 aromatic carbocycles. The summed E-state index contributed by atoms with van der Waals surface area (Å²) in [5, 5.41) is 3.39. The van der Waals surface area contributed by atoms with E-state index in [0.717, 1.165) is 49.2 Å². The average molecular weight is 369 g/mol. The lowest BCUT2D eigenvalue weighted by Crippen LogP contribution is -2.41. The summed E-state index contributed by atoms with van der Waals surface area (Å²) >= 11 is 3.41. The van der Waals surface area contributed by atoms with Crippen molar-refractivity contribution in [2.45, 2.75) is 26.2 Å². The maximum atomic E-state index is 12.2. The molecule has 0 saturated carbocycles. The topological polar surface area (TPSA) is 41.6 Å². The molecule has 1 amide bonds. The number of benzene rings is 1. The molecule has 1 heterocycles. The zero-order valence-electron chi connectivity index (χ0n) is 13.2. The fourth-order valence-electron chi connectivity index (χ4n) is 2.71. The van der Waals surface area contributed by atoms with Crippen LogP contribution in [0.2, 0.25) is 0 Å². The van der Waals surface area contributed by atoms with Gasteiger partial charge in [0.05, 0.1) is 13.0 Å².